The number of rotatable bonds is 6. The van der Waals surface area contributed by atoms with Crippen LogP contribution >= 0.6 is 0 Å². The van der Waals surface area contributed by atoms with Crippen LogP contribution in [0, 0.1) is 5.92 Å². The fraction of sp³-hybridized carbons (Fsp3) is 0.789. The quantitative estimate of drug-likeness (QED) is 0.830. The maximum absolute atomic E-state index is 11.6. The van der Waals surface area contributed by atoms with Crippen molar-refractivity contribution in [1.82, 2.24) is 20.0 Å². The van der Waals surface area contributed by atoms with Crippen molar-refractivity contribution < 1.29 is 14.3 Å². The smallest absolute Gasteiger partial charge is 0.246 e. The number of hydrogen-bond acceptors (Lipinski definition) is 5. The molecule has 0 aromatic carbocycles. The lowest BCUT2D eigenvalue weighted by molar-refractivity contribution is -0.124. The van der Waals surface area contributed by atoms with Gasteiger partial charge in [-0.15, -0.1) is 0 Å². The predicted molar refractivity (Wildman–Crippen MR) is 98.6 cm³/mol. The second kappa shape index (κ2) is 8.50. The van der Waals surface area contributed by atoms with E-state index in [0.29, 0.717) is 12.5 Å². The van der Waals surface area contributed by atoms with Gasteiger partial charge in [0.25, 0.3) is 0 Å². The molecule has 0 aliphatic carbocycles. The van der Waals surface area contributed by atoms with Gasteiger partial charge in [-0.25, -0.2) is 0 Å². The molecule has 0 radical (unpaired) electrons. The molecule has 1 saturated heterocycles. The summed E-state index contributed by atoms with van der Waals surface area (Å²) in [4.78, 5) is 14.1. The first kappa shape index (κ1) is 19.3. The minimum Gasteiger partial charge on any atom is -0.376 e. The van der Waals surface area contributed by atoms with Crippen molar-refractivity contribution in [2.24, 2.45) is 5.92 Å². The minimum atomic E-state index is -0.112. The zero-order valence-electron chi connectivity index (χ0n) is 16.3. The summed E-state index contributed by atoms with van der Waals surface area (Å²) < 4.78 is 12.8. The van der Waals surface area contributed by atoms with Crippen LogP contribution in [0.4, 0.5) is 0 Å². The van der Waals surface area contributed by atoms with E-state index in [1.807, 2.05) is 0 Å². The molecule has 0 spiro atoms. The normalized spacial score (nSPS) is 23.3. The monoisotopic (exact) mass is 364 g/mol. The molecule has 0 bridgehead atoms. The molecule has 1 atom stereocenters. The van der Waals surface area contributed by atoms with Crippen LogP contribution in [0.3, 0.4) is 0 Å². The van der Waals surface area contributed by atoms with Gasteiger partial charge in [0.2, 0.25) is 5.91 Å². The van der Waals surface area contributed by atoms with Gasteiger partial charge in [0.15, 0.2) is 0 Å². The number of amides is 1. The maximum atomic E-state index is 11.6. The third-order valence-electron chi connectivity index (χ3n) is 5.20. The summed E-state index contributed by atoms with van der Waals surface area (Å²) in [5.74, 6) is 0.584. The molecule has 7 nitrogen and oxygen atoms in total. The van der Waals surface area contributed by atoms with Crippen LogP contribution < -0.4 is 5.32 Å². The van der Waals surface area contributed by atoms with E-state index in [2.05, 4.69) is 39.9 Å². The summed E-state index contributed by atoms with van der Waals surface area (Å²) in [6.45, 7) is 9.91. The Bertz CT molecular complexity index is 614. The van der Waals surface area contributed by atoms with Gasteiger partial charge in [-0.05, 0) is 45.1 Å². The topological polar surface area (TPSA) is 68.6 Å². The molecule has 3 rings (SSSR count). The minimum absolute atomic E-state index is 0.00409. The summed E-state index contributed by atoms with van der Waals surface area (Å²) >= 11 is 0. The van der Waals surface area contributed by atoms with Crippen molar-refractivity contribution in [1.29, 1.82) is 0 Å². The molecule has 146 valence electrons. The molecule has 2 aliphatic rings. The molecule has 1 unspecified atom stereocenters. The predicted octanol–water partition coefficient (Wildman–Crippen LogP) is 1.56. The van der Waals surface area contributed by atoms with Crippen LogP contribution in [-0.2, 0) is 33.9 Å². The number of nitrogens with zero attached hydrogens (tertiary/aromatic N) is 3. The Morgan fingerprint density at radius 2 is 2.31 bits per heavy atom. The third-order valence-corrected chi connectivity index (χ3v) is 5.20. The Hall–Kier alpha value is -1.44. The fourth-order valence-corrected chi connectivity index (χ4v) is 4.08. The van der Waals surface area contributed by atoms with Crippen molar-refractivity contribution in [3.63, 3.8) is 0 Å². The Morgan fingerprint density at radius 3 is 3.08 bits per heavy atom. The van der Waals surface area contributed by atoms with E-state index >= 15 is 0 Å². The van der Waals surface area contributed by atoms with Gasteiger partial charge in [-0.3, -0.25) is 14.4 Å². The molecule has 26 heavy (non-hydrogen) atoms. The molecular formula is C19H32N4O3. The molecule has 1 amide bonds. The Balaban J connectivity index is 1.56. The molecule has 7 heteroatoms. The highest BCUT2D eigenvalue weighted by Gasteiger charge is 2.30. The van der Waals surface area contributed by atoms with Crippen molar-refractivity contribution in [3.05, 3.63) is 17.5 Å². The van der Waals surface area contributed by atoms with Gasteiger partial charge < -0.3 is 14.8 Å². The molecule has 2 aliphatic heterocycles. The van der Waals surface area contributed by atoms with Crippen molar-refractivity contribution in [2.75, 3.05) is 33.4 Å². The van der Waals surface area contributed by atoms with Gasteiger partial charge >= 0.3 is 0 Å². The first-order valence-electron chi connectivity index (χ1n) is 9.63. The summed E-state index contributed by atoms with van der Waals surface area (Å²) in [5.41, 5.74) is 2.16. The van der Waals surface area contributed by atoms with E-state index in [9.17, 15) is 4.79 Å². The zero-order valence-corrected chi connectivity index (χ0v) is 16.3. The first-order valence-corrected chi connectivity index (χ1v) is 9.63. The second-order valence-corrected chi connectivity index (χ2v) is 8.12. The highest BCUT2D eigenvalue weighted by Crippen LogP contribution is 2.29. The molecule has 3 heterocycles. The number of nitrogens with one attached hydrogen (secondary N) is 1. The van der Waals surface area contributed by atoms with Crippen LogP contribution in [0.15, 0.2) is 6.07 Å². The molecule has 1 N–H and O–H groups in total. The number of carbonyl (C=O) groups is 1. The molecule has 1 fully saturated rings. The van der Waals surface area contributed by atoms with Crippen LogP contribution in [0.2, 0.25) is 0 Å². The van der Waals surface area contributed by atoms with Gasteiger partial charge in [-0.2, -0.15) is 5.10 Å². The lowest BCUT2D eigenvalue weighted by atomic mass is 9.88. The number of hydrogen-bond donors (Lipinski definition) is 1. The molecule has 1 aromatic heterocycles. The Morgan fingerprint density at radius 1 is 1.46 bits per heavy atom. The summed E-state index contributed by atoms with van der Waals surface area (Å²) in [5, 5.41) is 7.50. The number of carbonyl (C=O) groups excluding carboxylic acids is 1. The van der Waals surface area contributed by atoms with Gasteiger partial charge in [-0.1, -0.05) is 0 Å². The van der Waals surface area contributed by atoms with E-state index < -0.39 is 0 Å². The van der Waals surface area contributed by atoms with E-state index in [0.717, 1.165) is 57.7 Å². The summed E-state index contributed by atoms with van der Waals surface area (Å²) in [6, 6.07) is 2.12. The fourth-order valence-electron chi connectivity index (χ4n) is 4.08. The van der Waals surface area contributed by atoms with Gasteiger partial charge in [0.05, 0.1) is 23.5 Å². The standard InChI is InChI=1S/C19H32N4O3/c1-19(2)10-15(5-8-26-19)12-22-6-4-7-23-17(13-22)9-16(21-23)11-20-18(24)14-25-3/h9,15H,4-8,10-14H2,1-3H3,(H,20,24). The van der Waals surface area contributed by atoms with E-state index in [1.54, 1.807) is 0 Å². The molecule has 1 aromatic rings. The van der Waals surface area contributed by atoms with Crippen LogP contribution in [-0.4, -0.2) is 59.6 Å². The highest BCUT2D eigenvalue weighted by molar-refractivity contribution is 5.77. The van der Waals surface area contributed by atoms with Crippen LogP contribution in [0.25, 0.3) is 0 Å². The number of methoxy groups -OCH3 is 1. The van der Waals surface area contributed by atoms with Gasteiger partial charge in [0.1, 0.15) is 6.61 Å². The largest absolute Gasteiger partial charge is 0.376 e. The number of ether oxygens (including phenoxy) is 2. The van der Waals surface area contributed by atoms with Gasteiger partial charge in [0, 0.05) is 39.9 Å². The van der Waals surface area contributed by atoms with Crippen LogP contribution in [0.1, 0.15) is 44.5 Å². The third kappa shape index (κ3) is 5.28. The van der Waals surface area contributed by atoms with E-state index in [-0.39, 0.29) is 18.1 Å². The maximum Gasteiger partial charge on any atom is 0.246 e. The second-order valence-electron chi connectivity index (χ2n) is 8.12. The Labute approximate surface area is 156 Å². The average molecular weight is 364 g/mol. The highest BCUT2D eigenvalue weighted by atomic mass is 16.5. The number of fused-ring (bicyclic) bond motifs is 1. The van der Waals surface area contributed by atoms with E-state index in [1.165, 1.54) is 12.8 Å². The number of aryl methyl sites for hydroxylation is 1. The first-order chi connectivity index (χ1) is 12.4. The lowest BCUT2D eigenvalue weighted by Gasteiger charge is -2.37. The van der Waals surface area contributed by atoms with Crippen LogP contribution in [0.5, 0.6) is 0 Å². The van der Waals surface area contributed by atoms with Crippen molar-refractivity contribution in [2.45, 2.75) is 58.3 Å². The summed E-state index contributed by atoms with van der Waals surface area (Å²) in [6.07, 6.45) is 3.38. The average Bonchev–Trinajstić information content (AvgIpc) is 2.85. The molecule has 0 saturated carbocycles. The summed E-state index contributed by atoms with van der Waals surface area (Å²) in [7, 11) is 1.52. The van der Waals surface area contributed by atoms with Crippen molar-refractivity contribution >= 4 is 5.91 Å². The molecular weight excluding hydrogens is 332 g/mol. The van der Waals surface area contributed by atoms with E-state index in [4.69, 9.17) is 9.47 Å². The lowest BCUT2D eigenvalue weighted by Crippen LogP contribution is -2.39. The number of aromatic nitrogens is 2. The van der Waals surface area contributed by atoms with Crippen molar-refractivity contribution in [3.8, 4) is 0 Å². The SMILES string of the molecule is COCC(=O)NCc1cc2n(n1)CCCN(CC1CCOC(C)(C)C1)C2. The zero-order chi connectivity index (χ0) is 18.6. The Kier molecular flexibility index (Phi) is 6.32.